The molecule has 0 saturated carbocycles. The van der Waals surface area contributed by atoms with E-state index < -0.39 is 11.7 Å². The van der Waals surface area contributed by atoms with Crippen molar-refractivity contribution in [3.63, 3.8) is 0 Å². The smallest absolute Gasteiger partial charge is 0.135 e. The monoisotopic (exact) mass is 320 g/mol. The van der Waals surface area contributed by atoms with Crippen LogP contribution in [0.4, 0.5) is 4.39 Å². The molecule has 2 fully saturated rings. The maximum Gasteiger partial charge on any atom is 0.135 e. The summed E-state index contributed by atoms with van der Waals surface area (Å²) in [5.41, 5.74) is -0.463. The van der Waals surface area contributed by atoms with E-state index in [1.54, 1.807) is 7.11 Å². The molecule has 124 valence electrons. The fraction of sp³-hybridized carbons (Fsp3) is 1.00. The minimum atomic E-state index is -1.06. The average molecular weight is 321 g/mol. The van der Waals surface area contributed by atoms with Crippen LogP contribution < -0.4 is 10.6 Å². The Bertz CT molecular complexity index is 348. The second-order valence-electron chi connectivity index (χ2n) is 7.79. The van der Waals surface area contributed by atoms with E-state index in [1.807, 2.05) is 0 Å². The van der Waals surface area contributed by atoms with Gasteiger partial charge in [-0.15, -0.1) is 11.6 Å². The fourth-order valence-corrected chi connectivity index (χ4v) is 4.40. The minimum absolute atomic E-state index is 0.102. The molecule has 7 unspecified atom stereocenters. The van der Waals surface area contributed by atoms with E-state index in [2.05, 4.69) is 38.3 Å². The van der Waals surface area contributed by atoms with Crippen LogP contribution in [0.2, 0.25) is 0 Å². The molecule has 2 N–H and O–H groups in total. The summed E-state index contributed by atoms with van der Waals surface area (Å²) in [6, 6.07) is 0.418. The van der Waals surface area contributed by atoms with E-state index in [1.165, 1.54) is 0 Å². The Morgan fingerprint density at radius 2 is 1.86 bits per heavy atom. The Morgan fingerprint density at radius 3 is 2.43 bits per heavy atom. The van der Waals surface area contributed by atoms with Gasteiger partial charge in [0.05, 0.1) is 6.10 Å². The average Bonchev–Trinajstić information content (AvgIpc) is 2.40. The van der Waals surface area contributed by atoms with Gasteiger partial charge >= 0.3 is 0 Å². The molecule has 0 bridgehead atoms. The van der Waals surface area contributed by atoms with Crippen molar-refractivity contribution in [1.82, 2.24) is 10.6 Å². The van der Waals surface area contributed by atoms with Gasteiger partial charge in [0.15, 0.2) is 0 Å². The van der Waals surface area contributed by atoms with Crippen molar-refractivity contribution >= 4 is 11.6 Å². The van der Waals surface area contributed by atoms with Gasteiger partial charge < -0.3 is 10.1 Å². The molecular weight excluding hydrogens is 291 g/mol. The first-order chi connectivity index (χ1) is 9.75. The zero-order chi connectivity index (χ0) is 15.8. The van der Waals surface area contributed by atoms with Crippen LogP contribution in [-0.4, -0.2) is 44.0 Å². The molecule has 0 spiro atoms. The maximum atomic E-state index is 14.9. The first-order valence-electron chi connectivity index (χ1n) is 8.03. The molecule has 2 aliphatic rings. The number of alkyl halides is 2. The zero-order valence-electron chi connectivity index (χ0n) is 13.8. The lowest BCUT2D eigenvalue weighted by molar-refractivity contribution is -0.0742. The van der Waals surface area contributed by atoms with Gasteiger partial charge in [-0.05, 0) is 37.1 Å². The summed E-state index contributed by atoms with van der Waals surface area (Å²) >= 11 is 6.14. The number of ether oxygens (including phenoxy) is 1. The highest BCUT2D eigenvalue weighted by atomic mass is 35.5. The molecule has 0 aromatic carbocycles. The molecule has 0 aromatic rings. The normalized spacial score (nSPS) is 45.6. The van der Waals surface area contributed by atoms with Gasteiger partial charge in [0.2, 0.25) is 0 Å². The molecule has 3 nitrogen and oxygen atoms in total. The topological polar surface area (TPSA) is 33.3 Å². The molecule has 2 rings (SSSR count). The minimum Gasteiger partial charge on any atom is -0.380 e. The van der Waals surface area contributed by atoms with Gasteiger partial charge in [-0.3, -0.25) is 5.32 Å². The quantitative estimate of drug-likeness (QED) is 0.606. The van der Waals surface area contributed by atoms with Crippen LogP contribution in [-0.2, 0) is 4.74 Å². The molecule has 21 heavy (non-hydrogen) atoms. The SMILES string of the molecule is COC1CNC(Cl)C(F)C1C1CC(C)NCC1C(C)(C)C. The number of halogens is 2. The molecule has 0 amide bonds. The van der Waals surface area contributed by atoms with E-state index in [0.717, 1.165) is 13.0 Å². The van der Waals surface area contributed by atoms with E-state index >= 15 is 0 Å². The predicted octanol–water partition coefficient (Wildman–Crippen LogP) is 2.78. The molecule has 0 radical (unpaired) electrons. The van der Waals surface area contributed by atoms with E-state index in [0.29, 0.717) is 24.4 Å². The van der Waals surface area contributed by atoms with Crippen molar-refractivity contribution in [2.45, 2.75) is 57.9 Å². The molecule has 0 aromatic heterocycles. The summed E-state index contributed by atoms with van der Waals surface area (Å²) in [7, 11) is 1.68. The summed E-state index contributed by atoms with van der Waals surface area (Å²) in [6.07, 6.45) is -0.183. The highest BCUT2D eigenvalue weighted by molar-refractivity contribution is 6.20. The third-order valence-corrected chi connectivity index (χ3v) is 5.72. The molecule has 2 saturated heterocycles. The molecule has 2 heterocycles. The third kappa shape index (κ3) is 3.72. The molecule has 0 aliphatic carbocycles. The van der Waals surface area contributed by atoms with Crippen LogP contribution in [0.25, 0.3) is 0 Å². The maximum absolute atomic E-state index is 14.9. The fourth-order valence-electron chi connectivity index (χ4n) is 4.14. The standard InChI is InChI=1S/C16H30ClFN2O/c1-9-6-10(11(7-19-9)16(2,3)4)13-12(21-5)8-20-15(17)14(13)18/h9-15,19-20H,6-8H2,1-5H3. The van der Waals surface area contributed by atoms with Crippen molar-refractivity contribution in [3.05, 3.63) is 0 Å². The number of hydrogen-bond acceptors (Lipinski definition) is 3. The van der Waals surface area contributed by atoms with Gasteiger partial charge in [-0.1, -0.05) is 20.8 Å². The lowest BCUT2D eigenvalue weighted by atomic mass is 9.62. The van der Waals surface area contributed by atoms with Crippen LogP contribution in [0, 0.1) is 23.2 Å². The summed E-state index contributed by atoms with van der Waals surface area (Å²) in [5, 5.41) is 6.57. The van der Waals surface area contributed by atoms with Crippen LogP contribution in [0.1, 0.15) is 34.1 Å². The number of piperidine rings is 2. The van der Waals surface area contributed by atoms with E-state index in [4.69, 9.17) is 16.3 Å². The summed E-state index contributed by atoms with van der Waals surface area (Å²) in [6.45, 7) is 10.5. The third-order valence-electron chi connectivity index (χ3n) is 5.33. The van der Waals surface area contributed by atoms with Crippen molar-refractivity contribution in [1.29, 1.82) is 0 Å². The summed E-state index contributed by atoms with van der Waals surface area (Å²) < 4.78 is 20.4. The number of hydrogen-bond donors (Lipinski definition) is 2. The first-order valence-corrected chi connectivity index (χ1v) is 8.47. The Morgan fingerprint density at radius 1 is 1.19 bits per heavy atom. The lowest BCUT2D eigenvalue weighted by Gasteiger charge is -2.50. The number of rotatable bonds is 2. The molecule has 2 aliphatic heterocycles. The second kappa shape index (κ2) is 6.69. The van der Waals surface area contributed by atoms with Crippen molar-refractivity contribution in [2.24, 2.45) is 23.2 Å². The highest BCUT2D eigenvalue weighted by Gasteiger charge is 2.49. The van der Waals surface area contributed by atoms with Crippen LogP contribution in [0.5, 0.6) is 0 Å². The van der Waals surface area contributed by atoms with Crippen molar-refractivity contribution in [3.8, 4) is 0 Å². The predicted molar refractivity (Wildman–Crippen MR) is 85.3 cm³/mol. The van der Waals surface area contributed by atoms with Gasteiger partial charge in [0.1, 0.15) is 11.7 Å². The van der Waals surface area contributed by atoms with E-state index in [9.17, 15) is 4.39 Å². The van der Waals surface area contributed by atoms with Crippen molar-refractivity contribution in [2.75, 3.05) is 20.2 Å². The second-order valence-corrected chi connectivity index (χ2v) is 8.26. The Balaban J connectivity index is 2.27. The van der Waals surface area contributed by atoms with Gasteiger partial charge in [-0.2, -0.15) is 0 Å². The molecule has 5 heteroatoms. The largest absolute Gasteiger partial charge is 0.380 e. The van der Waals surface area contributed by atoms with Crippen LogP contribution >= 0.6 is 11.6 Å². The Labute approximate surface area is 133 Å². The molecular formula is C16H30ClFN2O. The first kappa shape index (κ1) is 17.5. The number of nitrogens with one attached hydrogen (secondary N) is 2. The highest BCUT2D eigenvalue weighted by Crippen LogP contribution is 2.45. The van der Waals surface area contributed by atoms with Crippen LogP contribution in [0.15, 0.2) is 0 Å². The van der Waals surface area contributed by atoms with Crippen molar-refractivity contribution < 1.29 is 9.13 Å². The number of methoxy groups -OCH3 is 1. The summed E-state index contributed by atoms with van der Waals surface area (Å²) in [5.74, 6) is 0.591. The van der Waals surface area contributed by atoms with E-state index in [-0.39, 0.29) is 17.4 Å². The summed E-state index contributed by atoms with van der Waals surface area (Å²) in [4.78, 5) is 0. The van der Waals surface area contributed by atoms with Gasteiger partial charge in [-0.25, -0.2) is 4.39 Å². The van der Waals surface area contributed by atoms with Gasteiger partial charge in [0, 0.05) is 25.6 Å². The van der Waals surface area contributed by atoms with Gasteiger partial charge in [0.25, 0.3) is 0 Å². The van der Waals surface area contributed by atoms with Crippen LogP contribution in [0.3, 0.4) is 0 Å². The lowest BCUT2D eigenvalue weighted by Crippen LogP contribution is -2.60. The zero-order valence-corrected chi connectivity index (χ0v) is 14.6. The molecule has 7 atom stereocenters. The Kier molecular flexibility index (Phi) is 5.56. The Hall–Kier alpha value is 0.1000.